The van der Waals surface area contributed by atoms with Gasteiger partial charge in [-0.3, -0.25) is 4.79 Å². The van der Waals surface area contributed by atoms with Gasteiger partial charge in [-0.25, -0.2) is 14.1 Å². The van der Waals surface area contributed by atoms with Gasteiger partial charge in [0.05, 0.1) is 6.04 Å². The molecule has 6 heteroatoms. The number of unbranched alkanes of at least 4 members (excludes halogenated alkanes) is 1. The number of nitrogens with zero attached hydrogens (tertiary/aromatic N) is 3. The van der Waals surface area contributed by atoms with Gasteiger partial charge in [-0.05, 0) is 25.5 Å². The van der Waals surface area contributed by atoms with Gasteiger partial charge < -0.3 is 5.32 Å². The molecule has 2 rings (SSSR count). The number of amides is 1. The van der Waals surface area contributed by atoms with Crippen LogP contribution in [-0.2, 0) is 11.3 Å². The Kier molecular flexibility index (Phi) is 5.25. The highest BCUT2D eigenvalue weighted by atomic mass is 19.1. The molecule has 1 aromatic carbocycles. The number of rotatable bonds is 6. The summed E-state index contributed by atoms with van der Waals surface area (Å²) in [5.41, 5.74) is 0.631. The molecule has 1 N–H and O–H groups in total. The molecule has 0 saturated heterocycles. The van der Waals surface area contributed by atoms with E-state index in [-0.39, 0.29) is 17.8 Å². The maximum absolute atomic E-state index is 13.4. The van der Waals surface area contributed by atoms with Crippen LogP contribution in [0.15, 0.2) is 24.3 Å². The number of hydrogen-bond acceptors (Lipinski definition) is 3. The van der Waals surface area contributed by atoms with Gasteiger partial charge in [0.2, 0.25) is 5.91 Å². The van der Waals surface area contributed by atoms with E-state index in [0.717, 1.165) is 19.4 Å². The van der Waals surface area contributed by atoms with Crippen LogP contribution in [0.3, 0.4) is 0 Å². The first kappa shape index (κ1) is 16.1. The Morgan fingerprint density at radius 3 is 2.86 bits per heavy atom. The lowest BCUT2D eigenvalue weighted by Gasteiger charge is -2.12. The van der Waals surface area contributed by atoms with E-state index in [1.165, 1.54) is 19.1 Å². The van der Waals surface area contributed by atoms with Crippen molar-refractivity contribution >= 4 is 5.91 Å². The van der Waals surface area contributed by atoms with E-state index in [0.29, 0.717) is 17.2 Å². The van der Waals surface area contributed by atoms with Crippen molar-refractivity contribution < 1.29 is 9.18 Å². The normalized spacial score (nSPS) is 12.2. The third kappa shape index (κ3) is 3.90. The summed E-state index contributed by atoms with van der Waals surface area (Å²) in [6.45, 7) is 6.15. The van der Waals surface area contributed by atoms with Crippen molar-refractivity contribution in [2.24, 2.45) is 0 Å². The van der Waals surface area contributed by atoms with Crippen molar-refractivity contribution in [1.29, 1.82) is 0 Å². The lowest BCUT2D eigenvalue weighted by molar-refractivity contribution is -0.119. The van der Waals surface area contributed by atoms with Crippen LogP contribution in [0.5, 0.6) is 0 Å². The van der Waals surface area contributed by atoms with Gasteiger partial charge in [-0.2, -0.15) is 5.10 Å². The minimum absolute atomic E-state index is 0.121. The van der Waals surface area contributed by atoms with E-state index in [2.05, 4.69) is 22.3 Å². The molecule has 2 aromatic rings. The predicted molar refractivity (Wildman–Crippen MR) is 82.6 cm³/mol. The van der Waals surface area contributed by atoms with Gasteiger partial charge in [0.15, 0.2) is 5.82 Å². The van der Waals surface area contributed by atoms with Gasteiger partial charge in [0, 0.05) is 19.0 Å². The number of nitrogens with one attached hydrogen (secondary N) is 1. The Labute approximate surface area is 129 Å². The van der Waals surface area contributed by atoms with Crippen molar-refractivity contribution in [3.8, 4) is 11.4 Å². The molecule has 0 spiro atoms. The van der Waals surface area contributed by atoms with Crippen molar-refractivity contribution in [1.82, 2.24) is 20.1 Å². The van der Waals surface area contributed by atoms with E-state index in [9.17, 15) is 9.18 Å². The summed E-state index contributed by atoms with van der Waals surface area (Å²) in [4.78, 5) is 15.8. The van der Waals surface area contributed by atoms with E-state index in [4.69, 9.17) is 0 Å². The molecule has 0 bridgehead atoms. The minimum atomic E-state index is -0.320. The number of carbonyl (C=O) groups is 1. The number of aryl methyl sites for hydroxylation is 1. The van der Waals surface area contributed by atoms with Crippen molar-refractivity contribution in [2.75, 3.05) is 0 Å². The predicted octanol–water partition coefficient (Wildman–Crippen LogP) is 3.08. The highest BCUT2D eigenvalue weighted by Gasteiger charge is 2.18. The van der Waals surface area contributed by atoms with Crippen LogP contribution in [0.25, 0.3) is 11.4 Å². The molecule has 118 valence electrons. The van der Waals surface area contributed by atoms with Gasteiger partial charge in [0.1, 0.15) is 11.6 Å². The molecule has 1 amide bonds. The standard InChI is InChI=1S/C16H21FN4O/c1-4-5-9-21-16(11(2)18-12(3)22)19-15(20-21)13-7-6-8-14(17)10-13/h6-8,10-11H,4-5,9H2,1-3H3,(H,18,22)/t11-/m0/s1. The maximum Gasteiger partial charge on any atom is 0.217 e. The number of hydrogen-bond donors (Lipinski definition) is 1. The fraction of sp³-hybridized carbons (Fsp3) is 0.438. The van der Waals surface area contributed by atoms with Crippen LogP contribution in [0.2, 0.25) is 0 Å². The maximum atomic E-state index is 13.4. The molecule has 0 fully saturated rings. The van der Waals surface area contributed by atoms with E-state index in [1.54, 1.807) is 16.8 Å². The zero-order chi connectivity index (χ0) is 16.1. The second-order valence-corrected chi connectivity index (χ2v) is 5.30. The highest BCUT2D eigenvalue weighted by Crippen LogP contribution is 2.20. The molecule has 0 aliphatic rings. The molecular weight excluding hydrogens is 283 g/mol. The Bertz CT molecular complexity index is 653. The third-order valence-electron chi connectivity index (χ3n) is 3.31. The average molecular weight is 304 g/mol. The van der Waals surface area contributed by atoms with Crippen LogP contribution in [0, 0.1) is 5.82 Å². The number of aromatic nitrogens is 3. The summed E-state index contributed by atoms with van der Waals surface area (Å²) in [5, 5.41) is 7.29. The van der Waals surface area contributed by atoms with Crippen LogP contribution >= 0.6 is 0 Å². The van der Waals surface area contributed by atoms with Gasteiger partial charge in [-0.1, -0.05) is 25.5 Å². The molecule has 0 aliphatic heterocycles. The molecular formula is C16H21FN4O. The summed E-state index contributed by atoms with van der Waals surface area (Å²) >= 11 is 0. The van der Waals surface area contributed by atoms with Crippen LogP contribution in [0.1, 0.15) is 45.5 Å². The first-order valence-electron chi connectivity index (χ1n) is 7.49. The molecule has 0 unspecified atom stereocenters. The van der Waals surface area contributed by atoms with Gasteiger partial charge in [-0.15, -0.1) is 0 Å². The van der Waals surface area contributed by atoms with Crippen molar-refractivity contribution in [2.45, 2.75) is 46.2 Å². The zero-order valence-electron chi connectivity index (χ0n) is 13.1. The molecule has 0 aliphatic carbocycles. The minimum Gasteiger partial charge on any atom is -0.347 e. The van der Waals surface area contributed by atoms with Crippen LogP contribution in [0.4, 0.5) is 4.39 Å². The SMILES string of the molecule is CCCCn1nc(-c2cccc(F)c2)nc1[C@H](C)NC(C)=O. The van der Waals surface area contributed by atoms with E-state index in [1.807, 2.05) is 6.92 Å². The summed E-state index contributed by atoms with van der Waals surface area (Å²) < 4.78 is 15.2. The summed E-state index contributed by atoms with van der Waals surface area (Å²) in [6.07, 6.45) is 1.99. The average Bonchev–Trinajstić information content (AvgIpc) is 2.88. The molecule has 1 aromatic heterocycles. The largest absolute Gasteiger partial charge is 0.347 e. The Balaban J connectivity index is 2.36. The van der Waals surface area contributed by atoms with Crippen molar-refractivity contribution in [3.05, 3.63) is 35.9 Å². The molecule has 0 saturated carbocycles. The first-order valence-corrected chi connectivity index (χ1v) is 7.49. The zero-order valence-corrected chi connectivity index (χ0v) is 13.1. The molecule has 1 atom stereocenters. The smallest absolute Gasteiger partial charge is 0.217 e. The summed E-state index contributed by atoms with van der Waals surface area (Å²) in [5.74, 6) is 0.717. The summed E-state index contributed by atoms with van der Waals surface area (Å²) in [6, 6.07) is 5.96. The number of halogens is 1. The third-order valence-corrected chi connectivity index (χ3v) is 3.31. The lowest BCUT2D eigenvalue weighted by atomic mass is 10.2. The molecule has 1 heterocycles. The fourth-order valence-corrected chi connectivity index (χ4v) is 2.27. The second-order valence-electron chi connectivity index (χ2n) is 5.30. The van der Waals surface area contributed by atoms with E-state index < -0.39 is 0 Å². The quantitative estimate of drug-likeness (QED) is 0.892. The highest BCUT2D eigenvalue weighted by molar-refractivity contribution is 5.73. The summed E-state index contributed by atoms with van der Waals surface area (Å²) in [7, 11) is 0. The molecule has 22 heavy (non-hydrogen) atoms. The Morgan fingerprint density at radius 1 is 1.45 bits per heavy atom. The van der Waals surface area contributed by atoms with Crippen LogP contribution < -0.4 is 5.32 Å². The Morgan fingerprint density at radius 2 is 2.23 bits per heavy atom. The monoisotopic (exact) mass is 304 g/mol. The number of benzene rings is 1. The van der Waals surface area contributed by atoms with E-state index >= 15 is 0 Å². The van der Waals surface area contributed by atoms with Gasteiger partial charge >= 0.3 is 0 Å². The Hall–Kier alpha value is -2.24. The van der Waals surface area contributed by atoms with Crippen molar-refractivity contribution in [3.63, 3.8) is 0 Å². The topological polar surface area (TPSA) is 59.8 Å². The number of carbonyl (C=O) groups excluding carboxylic acids is 1. The first-order chi connectivity index (χ1) is 10.5. The fourth-order valence-electron chi connectivity index (χ4n) is 2.27. The van der Waals surface area contributed by atoms with Gasteiger partial charge in [0.25, 0.3) is 0 Å². The molecule has 0 radical (unpaired) electrons. The molecule has 5 nitrogen and oxygen atoms in total. The van der Waals surface area contributed by atoms with Crippen LogP contribution in [-0.4, -0.2) is 20.7 Å². The second kappa shape index (κ2) is 7.15. The lowest BCUT2D eigenvalue weighted by Crippen LogP contribution is -2.26.